The lowest BCUT2D eigenvalue weighted by atomic mass is 9.92. The van der Waals surface area contributed by atoms with Gasteiger partial charge >= 0.3 is 0 Å². The summed E-state index contributed by atoms with van der Waals surface area (Å²) in [5.41, 5.74) is 7.06. The minimum Gasteiger partial charge on any atom is -0.330 e. The van der Waals surface area contributed by atoms with Crippen LogP contribution >= 0.6 is 0 Å². The fraction of sp³-hybridized carbons (Fsp3) is 0.200. The van der Waals surface area contributed by atoms with Crippen molar-refractivity contribution >= 4 is 0 Å². The van der Waals surface area contributed by atoms with Crippen LogP contribution in [0, 0.1) is 17.5 Å². The van der Waals surface area contributed by atoms with E-state index in [1.165, 1.54) is 18.2 Å². The van der Waals surface area contributed by atoms with E-state index >= 15 is 0 Å². The maximum Gasteiger partial charge on any atom is 0.159 e. The van der Waals surface area contributed by atoms with Crippen LogP contribution in [-0.2, 0) is 6.42 Å². The lowest BCUT2D eigenvalue weighted by Crippen LogP contribution is -2.15. The second-order valence-corrected chi connectivity index (χ2v) is 4.44. The van der Waals surface area contributed by atoms with Gasteiger partial charge in [0.2, 0.25) is 0 Å². The molecule has 1 atom stereocenters. The summed E-state index contributed by atoms with van der Waals surface area (Å²) < 4.78 is 39.2. The lowest BCUT2D eigenvalue weighted by molar-refractivity contribution is 0.504. The summed E-state index contributed by atoms with van der Waals surface area (Å²) in [6.07, 6.45) is 0.485. The molecule has 0 saturated carbocycles. The minimum absolute atomic E-state index is 0.170. The molecule has 0 amide bonds. The molecule has 0 aromatic heterocycles. The predicted molar refractivity (Wildman–Crippen MR) is 68.3 cm³/mol. The SMILES string of the molecule is NCC(Cc1cccc(F)c1)c1ccc(F)c(F)c1. The zero-order valence-corrected chi connectivity index (χ0v) is 10.2. The van der Waals surface area contributed by atoms with Gasteiger partial charge in [-0.15, -0.1) is 0 Å². The lowest BCUT2D eigenvalue weighted by Gasteiger charge is -2.15. The van der Waals surface area contributed by atoms with Gasteiger partial charge in [-0.1, -0.05) is 18.2 Å². The van der Waals surface area contributed by atoms with Gasteiger partial charge in [-0.2, -0.15) is 0 Å². The minimum atomic E-state index is -0.893. The van der Waals surface area contributed by atoms with Crippen LogP contribution in [0.4, 0.5) is 13.2 Å². The summed E-state index contributed by atoms with van der Waals surface area (Å²) in [7, 11) is 0. The molecule has 1 unspecified atom stereocenters. The van der Waals surface area contributed by atoms with Crippen molar-refractivity contribution in [3.63, 3.8) is 0 Å². The molecule has 0 aliphatic rings. The van der Waals surface area contributed by atoms with Gasteiger partial charge in [0.05, 0.1) is 0 Å². The number of hydrogen-bond donors (Lipinski definition) is 1. The molecule has 2 rings (SSSR count). The number of rotatable bonds is 4. The molecule has 0 radical (unpaired) electrons. The Hall–Kier alpha value is -1.81. The third kappa shape index (κ3) is 3.35. The molecule has 19 heavy (non-hydrogen) atoms. The molecule has 4 heteroatoms. The first kappa shape index (κ1) is 13.6. The zero-order chi connectivity index (χ0) is 13.8. The van der Waals surface area contributed by atoms with E-state index < -0.39 is 11.6 Å². The second-order valence-electron chi connectivity index (χ2n) is 4.44. The normalized spacial score (nSPS) is 12.4. The molecule has 0 saturated heterocycles. The average molecular weight is 265 g/mol. The highest BCUT2D eigenvalue weighted by Gasteiger charge is 2.13. The summed E-state index contributed by atoms with van der Waals surface area (Å²) in [4.78, 5) is 0. The van der Waals surface area contributed by atoms with Gasteiger partial charge in [0.1, 0.15) is 5.82 Å². The van der Waals surface area contributed by atoms with E-state index in [0.29, 0.717) is 12.0 Å². The van der Waals surface area contributed by atoms with Crippen molar-refractivity contribution in [3.8, 4) is 0 Å². The van der Waals surface area contributed by atoms with Gasteiger partial charge in [0, 0.05) is 5.92 Å². The van der Waals surface area contributed by atoms with E-state index in [2.05, 4.69) is 0 Å². The Morgan fingerprint density at radius 3 is 2.37 bits per heavy atom. The Morgan fingerprint density at radius 1 is 0.947 bits per heavy atom. The highest BCUT2D eigenvalue weighted by atomic mass is 19.2. The van der Waals surface area contributed by atoms with Crippen LogP contribution in [0.1, 0.15) is 17.0 Å². The maximum absolute atomic E-state index is 13.2. The Balaban J connectivity index is 2.22. The van der Waals surface area contributed by atoms with Crippen molar-refractivity contribution in [2.45, 2.75) is 12.3 Å². The van der Waals surface area contributed by atoms with E-state index in [9.17, 15) is 13.2 Å². The molecule has 2 aromatic carbocycles. The molecule has 2 N–H and O–H groups in total. The first-order chi connectivity index (χ1) is 9.10. The Bertz CT molecular complexity index is 569. The smallest absolute Gasteiger partial charge is 0.159 e. The molecule has 0 spiro atoms. The third-order valence-corrected chi connectivity index (χ3v) is 3.07. The number of nitrogens with two attached hydrogens (primary N) is 1. The number of halogens is 3. The fourth-order valence-electron chi connectivity index (χ4n) is 2.05. The van der Waals surface area contributed by atoms with Crippen molar-refractivity contribution in [2.75, 3.05) is 6.54 Å². The van der Waals surface area contributed by atoms with E-state index in [1.807, 2.05) is 0 Å². The van der Waals surface area contributed by atoms with E-state index in [-0.39, 0.29) is 18.3 Å². The van der Waals surface area contributed by atoms with Crippen LogP contribution in [0.5, 0.6) is 0 Å². The molecule has 0 aliphatic carbocycles. The van der Waals surface area contributed by atoms with Crippen LogP contribution in [0.3, 0.4) is 0 Å². The molecule has 1 nitrogen and oxygen atoms in total. The summed E-state index contributed by atoms with van der Waals surface area (Å²) >= 11 is 0. The molecule has 0 fully saturated rings. The Labute approximate surface area is 109 Å². The van der Waals surface area contributed by atoms with Crippen LogP contribution in [0.15, 0.2) is 42.5 Å². The predicted octanol–water partition coefficient (Wildman–Crippen LogP) is 3.39. The first-order valence-corrected chi connectivity index (χ1v) is 5.99. The van der Waals surface area contributed by atoms with Gasteiger partial charge < -0.3 is 5.73 Å². The molecule has 100 valence electrons. The highest BCUT2D eigenvalue weighted by Crippen LogP contribution is 2.22. The largest absolute Gasteiger partial charge is 0.330 e. The molecular formula is C15H14F3N. The zero-order valence-electron chi connectivity index (χ0n) is 10.2. The van der Waals surface area contributed by atoms with Crippen LogP contribution in [-0.4, -0.2) is 6.54 Å². The number of hydrogen-bond acceptors (Lipinski definition) is 1. The maximum atomic E-state index is 13.2. The molecule has 0 aliphatic heterocycles. The molecule has 0 heterocycles. The van der Waals surface area contributed by atoms with Crippen LogP contribution in [0.25, 0.3) is 0 Å². The quantitative estimate of drug-likeness (QED) is 0.901. The van der Waals surface area contributed by atoms with Crippen molar-refractivity contribution in [1.29, 1.82) is 0 Å². The topological polar surface area (TPSA) is 26.0 Å². The van der Waals surface area contributed by atoms with Gasteiger partial charge in [0.25, 0.3) is 0 Å². The van der Waals surface area contributed by atoms with Crippen molar-refractivity contribution < 1.29 is 13.2 Å². The van der Waals surface area contributed by atoms with Crippen LogP contribution in [0.2, 0.25) is 0 Å². The molecular weight excluding hydrogens is 251 g/mol. The van der Waals surface area contributed by atoms with Gasteiger partial charge in [0.15, 0.2) is 11.6 Å². The number of benzene rings is 2. The standard InChI is InChI=1S/C15H14F3N/c16-13-3-1-2-10(7-13)6-12(9-19)11-4-5-14(17)15(18)8-11/h1-5,7-8,12H,6,9,19H2. The highest BCUT2D eigenvalue weighted by molar-refractivity contribution is 5.26. The summed E-state index contributed by atoms with van der Waals surface area (Å²) in [6, 6.07) is 9.91. The van der Waals surface area contributed by atoms with Crippen molar-refractivity contribution in [2.24, 2.45) is 5.73 Å². The van der Waals surface area contributed by atoms with Gasteiger partial charge in [-0.3, -0.25) is 0 Å². The van der Waals surface area contributed by atoms with Crippen molar-refractivity contribution in [3.05, 3.63) is 71.0 Å². The molecule has 0 bridgehead atoms. The van der Waals surface area contributed by atoms with Crippen LogP contribution < -0.4 is 5.73 Å². The summed E-state index contributed by atoms with van der Waals surface area (Å²) in [6.45, 7) is 0.279. The van der Waals surface area contributed by atoms with Gasteiger partial charge in [-0.25, -0.2) is 13.2 Å². The second kappa shape index (κ2) is 5.89. The fourth-order valence-corrected chi connectivity index (χ4v) is 2.05. The molecule has 2 aromatic rings. The Kier molecular flexibility index (Phi) is 4.22. The van der Waals surface area contributed by atoms with Gasteiger partial charge in [-0.05, 0) is 48.4 Å². The van der Waals surface area contributed by atoms with E-state index in [0.717, 1.165) is 17.7 Å². The summed E-state index contributed by atoms with van der Waals surface area (Å²) in [5, 5.41) is 0. The Morgan fingerprint density at radius 2 is 1.74 bits per heavy atom. The summed E-state index contributed by atoms with van der Waals surface area (Å²) in [5.74, 6) is -2.27. The first-order valence-electron chi connectivity index (χ1n) is 5.99. The van der Waals surface area contributed by atoms with Crippen molar-refractivity contribution in [1.82, 2.24) is 0 Å². The van der Waals surface area contributed by atoms with E-state index in [4.69, 9.17) is 5.73 Å². The average Bonchev–Trinajstić information content (AvgIpc) is 2.39. The third-order valence-electron chi connectivity index (χ3n) is 3.07. The van der Waals surface area contributed by atoms with E-state index in [1.54, 1.807) is 12.1 Å². The monoisotopic (exact) mass is 265 g/mol.